The number of nitrogens with zero attached hydrogens (tertiary/aromatic N) is 2. The molecule has 1 amide bonds. The Hall–Kier alpha value is -3.13. The van der Waals surface area contributed by atoms with Crippen molar-refractivity contribution in [2.24, 2.45) is 11.7 Å². The second kappa shape index (κ2) is 10.0. The minimum atomic E-state index is -4.50. The Balaban J connectivity index is 1.33. The number of carbonyl (C=O) groups excluding carboxylic acids is 1. The Morgan fingerprint density at radius 1 is 1.09 bits per heavy atom. The molecule has 1 heterocycles. The fourth-order valence-corrected chi connectivity index (χ4v) is 4.95. The minimum absolute atomic E-state index is 0.0103. The molecule has 0 spiro atoms. The van der Waals surface area contributed by atoms with E-state index in [0.29, 0.717) is 11.5 Å². The van der Waals surface area contributed by atoms with Crippen molar-refractivity contribution in [3.05, 3.63) is 77.0 Å². The maximum Gasteiger partial charge on any atom is 0.416 e. The summed E-state index contributed by atoms with van der Waals surface area (Å²) in [6, 6.07) is 15.5. The van der Waals surface area contributed by atoms with Crippen molar-refractivity contribution in [2.45, 2.75) is 44.3 Å². The van der Waals surface area contributed by atoms with Gasteiger partial charge in [0.1, 0.15) is 0 Å². The number of alkyl halides is 3. The molecule has 1 saturated carbocycles. The summed E-state index contributed by atoms with van der Waals surface area (Å²) in [7, 11) is 2.08. The van der Waals surface area contributed by atoms with Gasteiger partial charge in [0.15, 0.2) is 0 Å². The summed E-state index contributed by atoms with van der Waals surface area (Å²) in [5, 5.41) is 7.53. The first kappa shape index (κ1) is 24.0. The van der Waals surface area contributed by atoms with E-state index >= 15 is 0 Å². The van der Waals surface area contributed by atoms with Crippen LogP contribution in [0, 0.1) is 5.92 Å². The zero-order valence-corrected chi connectivity index (χ0v) is 19.1. The molecule has 3 aromatic rings. The number of nitrogens with two attached hydrogens (primary N) is 1. The SMILES string of the molecule is CN(Cc1cc(-c2ccccc2)n[nH]1)CC1CCC(c2ccc(C(F)(F)F)cc2C(N)=O)CC1. The van der Waals surface area contributed by atoms with Crippen LogP contribution < -0.4 is 5.73 Å². The van der Waals surface area contributed by atoms with Crippen LogP contribution in [0.4, 0.5) is 13.2 Å². The van der Waals surface area contributed by atoms with Gasteiger partial charge in [-0.2, -0.15) is 18.3 Å². The second-order valence-corrected chi connectivity index (χ2v) is 9.22. The van der Waals surface area contributed by atoms with Gasteiger partial charge in [-0.3, -0.25) is 9.89 Å². The van der Waals surface area contributed by atoms with Crippen LogP contribution in [0.5, 0.6) is 0 Å². The fraction of sp³-hybridized carbons (Fsp3) is 0.385. The van der Waals surface area contributed by atoms with E-state index in [1.807, 2.05) is 30.3 Å². The highest BCUT2D eigenvalue weighted by atomic mass is 19.4. The number of benzene rings is 2. The van der Waals surface area contributed by atoms with Crippen LogP contribution in [0.1, 0.15) is 58.8 Å². The summed E-state index contributed by atoms with van der Waals surface area (Å²) in [5.41, 5.74) is 8.25. The van der Waals surface area contributed by atoms with E-state index in [2.05, 4.69) is 28.2 Å². The summed E-state index contributed by atoms with van der Waals surface area (Å²) < 4.78 is 39.2. The van der Waals surface area contributed by atoms with Gasteiger partial charge in [0.25, 0.3) is 0 Å². The number of aromatic nitrogens is 2. The third-order valence-corrected chi connectivity index (χ3v) is 6.64. The third-order valence-electron chi connectivity index (χ3n) is 6.64. The first-order valence-corrected chi connectivity index (χ1v) is 11.5. The lowest BCUT2D eigenvalue weighted by Gasteiger charge is -2.32. The maximum atomic E-state index is 13.1. The highest BCUT2D eigenvalue weighted by Gasteiger charge is 2.33. The number of rotatable bonds is 7. The number of H-pyrrole nitrogens is 1. The van der Waals surface area contributed by atoms with Crippen LogP contribution in [0.2, 0.25) is 0 Å². The average molecular weight is 471 g/mol. The molecule has 1 aromatic heterocycles. The lowest BCUT2D eigenvalue weighted by atomic mass is 9.77. The lowest BCUT2D eigenvalue weighted by Crippen LogP contribution is -2.28. The van der Waals surface area contributed by atoms with Crippen LogP contribution in [0.15, 0.2) is 54.6 Å². The maximum absolute atomic E-state index is 13.1. The van der Waals surface area contributed by atoms with Crippen molar-refractivity contribution in [1.29, 1.82) is 0 Å². The van der Waals surface area contributed by atoms with Crippen molar-refractivity contribution >= 4 is 5.91 Å². The van der Waals surface area contributed by atoms with Crippen LogP contribution in [-0.4, -0.2) is 34.6 Å². The van der Waals surface area contributed by atoms with Gasteiger partial charge in [0.05, 0.1) is 11.3 Å². The molecule has 0 saturated heterocycles. The molecule has 0 bridgehead atoms. The van der Waals surface area contributed by atoms with Crippen LogP contribution >= 0.6 is 0 Å². The zero-order chi connectivity index (χ0) is 24.3. The van der Waals surface area contributed by atoms with Crippen molar-refractivity contribution in [3.8, 4) is 11.3 Å². The van der Waals surface area contributed by atoms with Crippen molar-refractivity contribution in [3.63, 3.8) is 0 Å². The number of halogens is 3. The number of aromatic amines is 1. The van der Waals surface area contributed by atoms with Crippen LogP contribution in [0.25, 0.3) is 11.3 Å². The van der Waals surface area contributed by atoms with Gasteiger partial charge < -0.3 is 10.6 Å². The molecule has 0 aliphatic heterocycles. The molecule has 1 aliphatic rings. The molecule has 1 fully saturated rings. The second-order valence-electron chi connectivity index (χ2n) is 9.22. The molecule has 8 heteroatoms. The Kier molecular flexibility index (Phi) is 7.07. The molecule has 1 aliphatic carbocycles. The van der Waals surface area contributed by atoms with Crippen molar-refractivity contribution < 1.29 is 18.0 Å². The van der Waals surface area contributed by atoms with Gasteiger partial charge in [0.2, 0.25) is 5.91 Å². The molecule has 0 radical (unpaired) electrons. The van der Waals surface area contributed by atoms with Gasteiger partial charge in [-0.1, -0.05) is 36.4 Å². The van der Waals surface area contributed by atoms with Crippen LogP contribution in [0.3, 0.4) is 0 Å². The molecule has 4 rings (SSSR count). The number of amides is 1. The summed E-state index contributed by atoms with van der Waals surface area (Å²) >= 11 is 0. The monoisotopic (exact) mass is 470 g/mol. The number of hydrogen-bond donors (Lipinski definition) is 2. The topological polar surface area (TPSA) is 75.0 Å². The van der Waals surface area contributed by atoms with Gasteiger partial charge in [-0.05, 0) is 68.3 Å². The summed E-state index contributed by atoms with van der Waals surface area (Å²) in [5.74, 6) is -0.269. The Bertz CT molecular complexity index is 1120. The summed E-state index contributed by atoms with van der Waals surface area (Å²) in [6.07, 6.45) is -0.945. The predicted molar refractivity (Wildman–Crippen MR) is 125 cm³/mol. The quantitative estimate of drug-likeness (QED) is 0.472. The molecule has 0 atom stereocenters. The lowest BCUT2D eigenvalue weighted by molar-refractivity contribution is -0.137. The number of primary amides is 1. The molecule has 2 aromatic carbocycles. The number of hydrogen-bond acceptors (Lipinski definition) is 3. The number of nitrogens with one attached hydrogen (secondary N) is 1. The van der Waals surface area contributed by atoms with E-state index in [0.717, 1.165) is 67.9 Å². The minimum Gasteiger partial charge on any atom is -0.366 e. The fourth-order valence-electron chi connectivity index (χ4n) is 4.95. The largest absolute Gasteiger partial charge is 0.416 e. The molecule has 0 unspecified atom stereocenters. The Morgan fingerprint density at radius 3 is 2.44 bits per heavy atom. The van der Waals surface area contributed by atoms with E-state index in [9.17, 15) is 18.0 Å². The molecule has 34 heavy (non-hydrogen) atoms. The van der Waals surface area contributed by atoms with Gasteiger partial charge in [-0.15, -0.1) is 0 Å². The highest BCUT2D eigenvalue weighted by Crippen LogP contribution is 2.39. The molecule has 3 N–H and O–H groups in total. The summed E-state index contributed by atoms with van der Waals surface area (Å²) in [4.78, 5) is 14.1. The van der Waals surface area contributed by atoms with Crippen LogP contribution in [-0.2, 0) is 12.7 Å². The Morgan fingerprint density at radius 2 is 1.79 bits per heavy atom. The number of carbonyl (C=O) groups is 1. The predicted octanol–water partition coefficient (Wildman–Crippen LogP) is 5.60. The van der Waals surface area contributed by atoms with E-state index in [4.69, 9.17) is 5.73 Å². The zero-order valence-electron chi connectivity index (χ0n) is 19.1. The first-order chi connectivity index (χ1) is 16.2. The Labute approximate surface area is 197 Å². The summed E-state index contributed by atoms with van der Waals surface area (Å²) in [6.45, 7) is 1.67. The average Bonchev–Trinajstić information content (AvgIpc) is 3.27. The van der Waals surface area contributed by atoms with E-state index in [1.54, 1.807) is 0 Å². The smallest absolute Gasteiger partial charge is 0.366 e. The van der Waals surface area contributed by atoms with Crippen molar-refractivity contribution in [1.82, 2.24) is 15.1 Å². The standard InChI is InChI=1S/C26H29F3N4O/c1-33(16-21-14-24(32-31-21)19-5-3-2-4-6-19)15-17-7-9-18(10-8-17)22-12-11-20(26(27,28)29)13-23(22)25(30)34/h2-6,11-14,17-18H,7-10,15-16H2,1H3,(H2,30,34)(H,31,32). The van der Waals surface area contributed by atoms with Gasteiger partial charge in [0, 0.05) is 29.9 Å². The molecule has 5 nitrogen and oxygen atoms in total. The van der Waals surface area contributed by atoms with E-state index < -0.39 is 17.6 Å². The molecular weight excluding hydrogens is 441 g/mol. The van der Waals surface area contributed by atoms with Gasteiger partial charge >= 0.3 is 6.18 Å². The molecular formula is C26H29F3N4O. The van der Waals surface area contributed by atoms with E-state index in [1.165, 1.54) is 6.07 Å². The van der Waals surface area contributed by atoms with Gasteiger partial charge in [-0.25, -0.2) is 0 Å². The highest BCUT2D eigenvalue weighted by molar-refractivity contribution is 5.94. The van der Waals surface area contributed by atoms with E-state index in [-0.39, 0.29) is 11.5 Å². The van der Waals surface area contributed by atoms with Crippen molar-refractivity contribution in [2.75, 3.05) is 13.6 Å². The molecule has 180 valence electrons. The third kappa shape index (κ3) is 5.67. The normalized spacial score (nSPS) is 18.9. The first-order valence-electron chi connectivity index (χ1n) is 11.5.